The summed E-state index contributed by atoms with van der Waals surface area (Å²) in [5.74, 6) is 0.489. The Morgan fingerprint density at radius 3 is 2.77 bits per heavy atom. The van der Waals surface area contributed by atoms with Crippen molar-refractivity contribution in [2.45, 2.75) is 44.8 Å². The van der Waals surface area contributed by atoms with Crippen molar-refractivity contribution >= 4 is 5.91 Å². The van der Waals surface area contributed by atoms with Crippen LogP contribution < -0.4 is 10.1 Å². The summed E-state index contributed by atoms with van der Waals surface area (Å²) in [6.45, 7) is 2.54. The Morgan fingerprint density at radius 2 is 2.18 bits per heavy atom. The smallest absolute Gasteiger partial charge is 0.246 e. The molecule has 118 valence electrons. The molecule has 22 heavy (non-hydrogen) atoms. The van der Waals surface area contributed by atoms with Gasteiger partial charge in [-0.25, -0.2) is 4.98 Å². The molecule has 0 aromatic carbocycles. The molecule has 1 amide bonds. The van der Waals surface area contributed by atoms with E-state index in [1.165, 1.54) is 6.20 Å². The lowest BCUT2D eigenvalue weighted by Crippen LogP contribution is -2.41. The summed E-state index contributed by atoms with van der Waals surface area (Å²) in [4.78, 5) is 15.7. The summed E-state index contributed by atoms with van der Waals surface area (Å²) < 4.78 is 10.9. The number of amides is 1. The van der Waals surface area contributed by atoms with Crippen molar-refractivity contribution in [2.75, 3.05) is 13.2 Å². The van der Waals surface area contributed by atoms with Crippen LogP contribution in [0.2, 0.25) is 0 Å². The Labute approximate surface area is 130 Å². The Balaban J connectivity index is 1.72. The molecule has 0 aliphatic heterocycles. The molecule has 6 nitrogen and oxygen atoms in total. The van der Waals surface area contributed by atoms with Crippen LogP contribution in [0.5, 0.6) is 5.88 Å². The summed E-state index contributed by atoms with van der Waals surface area (Å²) in [7, 11) is 0. The van der Waals surface area contributed by atoms with Crippen LogP contribution in [0.3, 0.4) is 0 Å². The van der Waals surface area contributed by atoms with Gasteiger partial charge >= 0.3 is 0 Å². The van der Waals surface area contributed by atoms with E-state index in [1.54, 1.807) is 12.1 Å². The van der Waals surface area contributed by atoms with Crippen molar-refractivity contribution in [2.24, 2.45) is 0 Å². The predicted molar refractivity (Wildman–Crippen MR) is 80.3 cm³/mol. The molecule has 1 saturated carbocycles. The van der Waals surface area contributed by atoms with E-state index in [9.17, 15) is 4.79 Å². The number of rotatable bonds is 6. The van der Waals surface area contributed by atoms with Gasteiger partial charge in [-0.05, 0) is 38.7 Å². The van der Waals surface area contributed by atoms with Gasteiger partial charge in [-0.2, -0.15) is 5.26 Å². The molecule has 0 atom stereocenters. The lowest BCUT2D eigenvalue weighted by Gasteiger charge is -2.29. The first-order valence-electron chi connectivity index (χ1n) is 7.61. The largest absolute Gasteiger partial charge is 0.474 e. The van der Waals surface area contributed by atoms with Crippen molar-refractivity contribution in [3.05, 3.63) is 23.9 Å². The Hall–Kier alpha value is -2.13. The minimum absolute atomic E-state index is 0.0556. The zero-order valence-electron chi connectivity index (χ0n) is 12.7. The average molecular weight is 303 g/mol. The summed E-state index contributed by atoms with van der Waals surface area (Å²) >= 11 is 0. The minimum atomic E-state index is -0.0556. The van der Waals surface area contributed by atoms with Crippen LogP contribution in [-0.4, -0.2) is 36.3 Å². The molecule has 0 saturated heterocycles. The van der Waals surface area contributed by atoms with Crippen LogP contribution >= 0.6 is 0 Å². The quantitative estimate of drug-likeness (QED) is 0.866. The number of ether oxygens (including phenoxy) is 2. The highest BCUT2D eigenvalue weighted by molar-refractivity contribution is 5.77. The maximum Gasteiger partial charge on any atom is 0.246 e. The molecule has 0 bridgehead atoms. The topological polar surface area (TPSA) is 84.2 Å². The fraction of sp³-hybridized carbons (Fsp3) is 0.562. The normalized spacial score (nSPS) is 20.9. The highest BCUT2D eigenvalue weighted by atomic mass is 16.5. The first kappa shape index (κ1) is 16.2. The van der Waals surface area contributed by atoms with Crippen LogP contribution in [0, 0.1) is 11.3 Å². The summed E-state index contributed by atoms with van der Waals surface area (Å²) in [5.41, 5.74) is 0.521. The maximum absolute atomic E-state index is 11.6. The Bertz CT molecular complexity index is 516. The van der Waals surface area contributed by atoms with Crippen LogP contribution in [0.25, 0.3) is 0 Å². The maximum atomic E-state index is 11.6. The molecule has 1 aromatic rings. The molecule has 0 spiro atoms. The van der Waals surface area contributed by atoms with Crippen LogP contribution in [0.1, 0.15) is 38.2 Å². The summed E-state index contributed by atoms with van der Waals surface area (Å²) in [6.07, 6.45) is 5.15. The highest BCUT2D eigenvalue weighted by Crippen LogP contribution is 2.23. The first-order valence-corrected chi connectivity index (χ1v) is 7.61. The van der Waals surface area contributed by atoms with Gasteiger partial charge in [-0.15, -0.1) is 0 Å². The number of aromatic nitrogens is 1. The molecule has 1 fully saturated rings. The zero-order chi connectivity index (χ0) is 15.8. The zero-order valence-corrected chi connectivity index (χ0v) is 12.7. The van der Waals surface area contributed by atoms with Gasteiger partial charge in [0.15, 0.2) is 0 Å². The van der Waals surface area contributed by atoms with Crippen LogP contribution in [0.15, 0.2) is 18.3 Å². The third-order valence-corrected chi connectivity index (χ3v) is 3.63. The van der Waals surface area contributed by atoms with Gasteiger partial charge in [-0.1, -0.05) is 0 Å². The van der Waals surface area contributed by atoms with Gasteiger partial charge in [0.05, 0.1) is 5.56 Å². The van der Waals surface area contributed by atoms with Crippen molar-refractivity contribution < 1.29 is 14.3 Å². The van der Waals surface area contributed by atoms with Gasteiger partial charge in [0.25, 0.3) is 0 Å². The molecule has 6 heteroatoms. The Kier molecular flexibility index (Phi) is 6.16. The summed E-state index contributed by atoms with van der Waals surface area (Å²) in [5, 5.41) is 11.7. The number of hydrogen-bond donors (Lipinski definition) is 1. The molecular formula is C16H21N3O3. The standard InChI is InChI=1S/C16H21N3O3/c1-2-21-11-15(20)19-13-4-6-14(7-5-13)22-16-8-3-12(9-17)10-18-16/h3,8,10,13-14H,2,4-7,11H2,1H3,(H,19,20). The highest BCUT2D eigenvalue weighted by Gasteiger charge is 2.23. The van der Waals surface area contributed by atoms with E-state index >= 15 is 0 Å². The van der Waals surface area contributed by atoms with E-state index in [0.29, 0.717) is 18.1 Å². The molecule has 2 rings (SSSR count). The van der Waals surface area contributed by atoms with E-state index in [0.717, 1.165) is 25.7 Å². The molecule has 1 aliphatic carbocycles. The minimum Gasteiger partial charge on any atom is -0.474 e. The van der Waals surface area contributed by atoms with Crippen LogP contribution in [0.4, 0.5) is 0 Å². The number of nitrogens with zero attached hydrogens (tertiary/aromatic N) is 2. The Morgan fingerprint density at radius 1 is 1.41 bits per heavy atom. The second kappa shape index (κ2) is 8.35. The number of pyridine rings is 1. The second-order valence-electron chi connectivity index (χ2n) is 5.29. The lowest BCUT2D eigenvalue weighted by atomic mass is 9.93. The van der Waals surface area contributed by atoms with Crippen LogP contribution in [-0.2, 0) is 9.53 Å². The number of nitrogens with one attached hydrogen (secondary N) is 1. The fourth-order valence-corrected chi connectivity index (χ4v) is 2.48. The van der Waals surface area contributed by atoms with E-state index in [1.807, 2.05) is 13.0 Å². The number of carbonyl (C=O) groups is 1. The van der Waals surface area contributed by atoms with E-state index < -0.39 is 0 Å². The molecule has 1 heterocycles. The second-order valence-corrected chi connectivity index (χ2v) is 5.29. The van der Waals surface area contributed by atoms with Gasteiger partial charge in [-0.3, -0.25) is 4.79 Å². The molecular weight excluding hydrogens is 282 g/mol. The van der Waals surface area contributed by atoms with Crippen molar-refractivity contribution in [3.8, 4) is 11.9 Å². The third-order valence-electron chi connectivity index (χ3n) is 3.63. The van der Waals surface area contributed by atoms with Crippen molar-refractivity contribution in [3.63, 3.8) is 0 Å². The van der Waals surface area contributed by atoms with Gasteiger partial charge < -0.3 is 14.8 Å². The molecule has 1 aliphatic rings. The fourth-order valence-electron chi connectivity index (χ4n) is 2.48. The summed E-state index contributed by atoms with van der Waals surface area (Å²) in [6, 6.07) is 5.64. The third kappa shape index (κ3) is 5.01. The number of hydrogen-bond acceptors (Lipinski definition) is 5. The average Bonchev–Trinajstić information content (AvgIpc) is 2.55. The van der Waals surface area contributed by atoms with E-state index in [2.05, 4.69) is 10.3 Å². The number of carbonyl (C=O) groups excluding carboxylic acids is 1. The SMILES string of the molecule is CCOCC(=O)NC1CCC(Oc2ccc(C#N)cn2)CC1. The van der Waals surface area contributed by atoms with Gasteiger partial charge in [0.1, 0.15) is 18.8 Å². The first-order chi connectivity index (χ1) is 10.7. The molecule has 1 N–H and O–H groups in total. The van der Waals surface area contributed by atoms with Crippen molar-refractivity contribution in [1.82, 2.24) is 10.3 Å². The monoisotopic (exact) mass is 303 g/mol. The van der Waals surface area contributed by atoms with Gasteiger partial charge in [0, 0.05) is 24.9 Å². The van der Waals surface area contributed by atoms with Gasteiger partial charge in [0.2, 0.25) is 11.8 Å². The molecule has 0 unspecified atom stereocenters. The number of nitriles is 1. The lowest BCUT2D eigenvalue weighted by molar-refractivity contribution is -0.126. The predicted octanol–water partition coefficient (Wildman–Crippen LogP) is 1.80. The van der Waals surface area contributed by atoms with E-state index in [-0.39, 0.29) is 24.7 Å². The van der Waals surface area contributed by atoms with Crippen molar-refractivity contribution in [1.29, 1.82) is 5.26 Å². The molecule has 1 aromatic heterocycles. The molecule has 0 radical (unpaired) electrons. The van der Waals surface area contributed by atoms with E-state index in [4.69, 9.17) is 14.7 Å².